The van der Waals surface area contributed by atoms with E-state index >= 15 is 0 Å². The Balaban J connectivity index is 0.953. The van der Waals surface area contributed by atoms with E-state index in [1.54, 1.807) is 0 Å². The smallest absolute Gasteiger partial charge is 0.179 e. The number of aryl methyl sites for hydroxylation is 2. The molecule has 0 N–H and O–H groups in total. The first kappa shape index (κ1) is 43.7. The minimum atomic E-state index is -0.851. The van der Waals surface area contributed by atoms with Crippen LogP contribution in [0, 0.1) is 13.8 Å². The molecule has 3 aliphatic carbocycles. The average Bonchev–Trinajstić information content (AvgIpc) is 4.11. The Kier molecular flexibility index (Phi) is 9.38. The summed E-state index contributed by atoms with van der Waals surface area (Å²) in [5, 5.41) is 4.85. The SMILES string of the molecule is COC1(/C=C(\C)c2cccc(C3=CC4(Oc5ccc6cc(C7(c8ccc9c(C)c(C)ccc9c8)c8ccccc8-c8ccccc87)ccc6c53)c3ccccc3-c3ccccc34)c2)c2ccccc2-c2ccccc21. The molecule has 11 aromatic carbocycles. The molecule has 4 aliphatic rings. The molecule has 75 heavy (non-hydrogen) atoms. The Morgan fingerprint density at radius 3 is 1.51 bits per heavy atom. The van der Waals surface area contributed by atoms with Gasteiger partial charge in [0, 0.05) is 34.9 Å². The van der Waals surface area contributed by atoms with E-state index in [2.05, 4.69) is 263 Å². The number of rotatable bonds is 6. The van der Waals surface area contributed by atoms with Crippen LogP contribution in [0.3, 0.4) is 0 Å². The molecule has 0 aromatic heterocycles. The van der Waals surface area contributed by atoms with E-state index in [4.69, 9.17) is 9.47 Å². The third-order valence-electron chi connectivity index (χ3n) is 17.5. The fourth-order valence-corrected chi connectivity index (χ4v) is 13.9. The van der Waals surface area contributed by atoms with Crippen LogP contribution in [-0.2, 0) is 21.4 Å². The van der Waals surface area contributed by atoms with E-state index in [1.165, 1.54) is 77.5 Å². The molecule has 11 aromatic rings. The van der Waals surface area contributed by atoms with Crippen LogP contribution < -0.4 is 4.74 Å². The first-order chi connectivity index (χ1) is 36.8. The van der Waals surface area contributed by atoms with Crippen molar-refractivity contribution in [3.63, 3.8) is 0 Å². The molecular weight excluding hydrogens is 909 g/mol. The molecule has 0 bridgehead atoms. The molecule has 15 rings (SSSR count). The number of hydrogen-bond donors (Lipinski definition) is 0. The monoisotopic (exact) mass is 960 g/mol. The average molecular weight is 961 g/mol. The van der Waals surface area contributed by atoms with Crippen LogP contribution in [0.5, 0.6) is 5.75 Å². The summed E-state index contributed by atoms with van der Waals surface area (Å²) >= 11 is 0. The number of methoxy groups -OCH3 is 1. The second-order valence-electron chi connectivity index (χ2n) is 21.1. The summed E-state index contributed by atoms with van der Waals surface area (Å²) in [6.45, 7) is 6.68. The van der Waals surface area contributed by atoms with Gasteiger partial charge in [-0.15, -0.1) is 0 Å². The molecule has 0 atom stereocenters. The fourth-order valence-electron chi connectivity index (χ4n) is 13.9. The van der Waals surface area contributed by atoms with Crippen LogP contribution in [0.2, 0.25) is 0 Å². The quantitative estimate of drug-likeness (QED) is 0.165. The number of ether oxygens (including phenoxy) is 2. The van der Waals surface area contributed by atoms with E-state index in [9.17, 15) is 0 Å². The van der Waals surface area contributed by atoms with Crippen molar-refractivity contribution in [1.82, 2.24) is 0 Å². The molecule has 0 amide bonds. The van der Waals surface area contributed by atoms with Gasteiger partial charge < -0.3 is 9.47 Å². The lowest BCUT2D eigenvalue weighted by Gasteiger charge is -2.37. The maximum Gasteiger partial charge on any atom is 0.179 e. The van der Waals surface area contributed by atoms with E-state index in [0.717, 1.165) is 66.6 Å². The first-order valence-electron chi connectivity index (χ1n) is 26.3. The number of fused-ring (bicyclic) bond motifs is 15. The van der Waals surface area contributed by atoms with Crippen molar-refractivity contribution in [1.29, 1.82) is 0 Å². The Morgan fingerprint density at radius 2 is 0.933 bits per heavy atom. The minimum absolute atomic E-state index is 0.571. The predicted molar refractivity (Wildman–Crippen MR) is 308 cm³/mol. The number of benzene rings is 11. The lowest BCUT2D eigenvalue weighted by molar-refractivity contribution is 0.0698. The molecule has 0 saturated heterocycles. The standard InChI is InChI=1S/C73H52O2/c1-45-32-33-50-41-52(35-37-54(50)47(45)3)73(67-30-15-9-24-60(67)61-25-10-16-31-68(61)73)53-36-38-55-51(42-53)34-39-69-70(55)62(44-72(75-69)65-28-13-7-22-58(65)59-23-8-14-29-66(59)72)49-19-17-18-48(40-49)46(2)43-71(74-4)63-26-11-5-20-56(63)57-21-6-12-27-64(57)71/h5-44H,1-4H3/b46-43+. The maximum atomic E-state index is 7.62. The molecule has 0 unspecified atom stereocenters. The van der Waals surface area contributed by atoms with Crippen LogP contribution in [0.1, 0.15) is 79.2 Å². The van der Waals surface area contributed by atoms with Crippen LogP contribution in [0.15, 0.2) is 243 Å². The van der Waals surface area contributed by atoms with Gasteiger partial charge in [-0.1, -0.05) is 206 Å². The second-order valence-corrected chi connectivity index (χ2v) is 21.1. The van der Waals surface area contributed by atoms with Crippen LogP contribution in [0.25, 0.3) is 66.1 Å². The van der Waals surface area contributed by atoms with Gasteiger partial charge in [-0.25, -0.2) is 0 Å². The molecule has 0 radical (unpaired) electrons. The van der Waals surface area contributed by atoms with Gasteiger partial charge in [-0.3, -0.25) is 0 Å². The van der Waals surface area contributed by atoms with Gasteiger partial charge in [0.1, 0.15) is 11.4 Å². The van der Waals surface area contributed by atoms with Crippen molar-refractivity contribution in [3.05, 3.63) is 315 Å². The normalized spacial score (nSPS) is 15.6. The lowest BCUT2D eigenvalue weighted by Crippen LogP contribution is -2.33. The largest absolute Gasteiger partial charge is 0.473 e. The molecule has 1 aliphatic heterocycles. The maximum absolute atomic E-state index is 7.62. The van der Waals surface area contributed by atoms with Crippen molar-refractivity contribution < 1.29 is 9.47 Å². The van der Waals surface area contributed by atoms with Crippen molar-refractivity contribution in [2.24, 2.45) is 0 Å². The van der Waals surface area contributed by atoms with Gasteiger partial charge in [0.25, 0.3) is 0 Å². The zero-order chi connectivity index (χ0) is 50.2. The summed E-state index contributed by atoms with van der Waals surface area (Å²) in [5.41, 5.74) is 23.2. The summed E-state index contributed by atoms with van der Waals surface area (Å²) in [6, 6.07) is 85.6. The summed E-state index contributed by atoms with van der Waals surface area (Å²) in [6.07, 6.45) is 4.76. The molecule has 356 valence electrons. The highest BCUT2D eigenvalue weighted by Gasteiger charge is 2.49. The number of allylic oxidation sites excluding steroid dienone is 1. The number of hydrogen-bond acceptors (Lipinski definition) is 2. The minimum Gasteiger partial charge on any atom is -0.473 e. The van der Waals surface area contributed by atoms with Gasteiger partial charge in [0.2, 0.25) is 0 Å². The van der Waals surface area contributed by atoms with Gasteiger partial charge in [0.15, 0.2) is 5.60 Å². The van der Waals surface area contributed by atoms with Crippen LogP contribution in [0.4, 0.5) is 0 Å². The Hall–Kier alpha value is -8.82. The third kappa shape index (κ3) is 5.95. The molecule has 0 fully saturated rings. The first-order valence-corrected chi connectivity index (χ1v) is 26.3. The highest BCUT2D eigenvalue weighted by atomic mass is 16.5. The lowest BCUT2D eigenvalue weighted by atomic mass is 9.67. The van der Waals surface area contributed by atoms with Gasteiger partial charge in [-0.05, 0) is 168 Å². The van der Waals surface area contributed by atoms with Crippen molar-refractivity contribution in [3.8, 4) is 39.1 Å². The van der Waals surface area contributed by atoms with Crippen LogP contribution in [-0.4, -0.2) is 7.11 Å². The molecular formula is C73H52O2. The van der Waals surface area contributed by atoms with Crippen molar-refractivity contribution >= 4 is 32.7 Å². The summed E-state index contributed by atoms with van der Waals surface area (Å²) in [4.78, 5) is 0. The Bertz CT molecular complexity index is 4180. The molecule has 1 spiro atoms. The highest BCUT2D eigenvalue weighted by molar-refractivity contribution is 6.04. The molecule has 0 saturated carbocycles. The van der Waals surface area contributed by atoms with Gasteiger partial charge in [-0.2, -0.15) is 0 Å². The zero-order valence-electron chi connectivity index (χ0n) is 42.4. The van der Waals surface area contributed by atoms with Gasteiger partial charge in [0.05, 0.1) is 5.41 Å². The summed E-state index contributed by atoms with van der Waals surface area (Å²) < 4.78 is 14.3. The second kappa shape index (κ2) is 16.1. The van der Waals surface area contributed by atoms with Crippen molar-refractivity contribution in [2.75, 3.05) is 7.11 Å². The van der Waals surface area contributed by atoms with E-state index < -0.39 is 16.6 Å². The zero-order valence-corrected chi connectivity index (χ0v) is 42.4. The molecule has 2 nitrogen and oxygen atoms in total. The molecule has 2 heteroatoms. The summed E-state index contributed by atoms with van der Waals surface area (Å²) in [7, 11) is 1.84. The van der Waals surface area contributed by atoms with Crippen molar-refractivity contribution in [2.45, 2.75) is 37.4 Å². The third-order valence-corrected chi connectivity index (χ3v) is 17.5. The highest BCUT2D eigenvalue weighted by Crippen LogP contribution is 2.59. The summed E-state index contributed by atoms with van der Waals surface area (Å²) in [5.74, 6) is 0.862. The van der Waals surface area contributed by atoms with E-state index in [1.807, 2.05) is 7.11 Å². The topological polar surface area (TPSA) is 18.5 Å². The van der Waals surface area contributed by atoms with Crippen LogP contribution >= 0.6 is 0 Å². The van der Waals surface area contributed by atoms with E-state index in [0.29, 0.717) is 0 Å². The predicted octanol–water partition coefficient (Wildman–Crippen LogP) is 17.7. The Labute approximate surface area is 438 Å². The Morgan fingerprint density at radius 1 is 0.453 bits per heavy atom. The fraction of sp³-hybridized carbons (Fsp3) is 0.0959. The van der Waals surface area contributed by atoms with E-state index in [-0.39, 0.29) is 0 Å². The molecule has 1 heterocycles. The van der Waals surface area contributed by atoms with Gasteiger partial charge >= 0.3 is 0 Å².